The zero-order valence-corrected chi connectivity index (χ0v) is 18.7. The number of piperidine rings is 1. The molecule has 0 saturated carbocycles. The van der Waals surface area contributed by atoms with E-state index in [-0.39, 0.29) is 23.9 Å². The lowest BCUT2D eigenvalue weighted by Gasteiger charge is -2.30. The predicted octanol–water partition coefficient (Wildman–Crippen LogP) is 4.59. The third kappa shape index (κ3) is 5.31. The molecule has 7 heteroatoms. The first kappa shape index (κ1) is 22.5. The smallest absolute Gasteiger partial charge is 0.253 e. The molecule has 0 atom stereocenters. The average molecular weight is 447 g/mol. The largest absolute Gasteiger partial charge is 0.339 e. The van der Waals surface area contributed by atoms with E-state index in [4.69, 9.17) is 11.6 Å². The first-order valence-electron chi connectivity index (χ1n) is 10.1. The fourth-order valence-electron chi connectivity index (χ4n) is 3.50. The minimum atomic E-state index is -3.70. The molecule has 0 bridgehead atoms. The molecule has 160 valence electrons. The number of likely N-dealkylation sites (tertiary alicyclic amines) is 1. The number of rotatable bonds is 7. The van der Waals surface area contributed by atoms with Crippen molar-refractivity contribution in [3.63, 3.8) is 0 Å². The molecule has 3 rings (SSSR count). The number of carbonyl (C=O) groups excluding carboxylic acids is 1. The molecule has 1 aliphatic heterocycles. The zero-order chi connectivity index (χ0) is 21.7. The van der Waals surface area contributed by atoms with Crippen LogP contribution in [0.5, 0.6) is 0 Å². The van der Waals surface area contributed by atoms with Crippen LogP contribution in [-0.4, -0.2) is 43.2 Å². The van der Waals surface area contributed by atoms with Gasteiger partial charge < -0.3 is 4.90 Å². The van der Waals surface area contributed by atoms with E-state index in [1.165, 1.54) is 16.4 Å². The van der Waals surface area contributed by atoms with Crippen molar-refractivity contribution in [2.75, 3.05) is 19.6 Å². The van der Waals surface area contributed by atoms with E-state index in [1.54, 1.807) is 30.3 Å². The SMILES string of the molecule is C=CCN(Cc1ccc(C(=O)N2CCC(C)CC2)cc1)S(=O)(=O)c1ccc(Cl)cc1. The lowest BCUT2D eigenvalue weighted by atomic mass is 9.98. The number of carbonyl (C=O) groups is 1. The molecule has 0 spiro atoms. The quantitative estimate of drug-likeness (QED) is 0.584. The van der Waals surface area contributed by atoms with Crippen molar-refractivity contribution in [3.8, 4) is 0 Å². The summed E-state index contributed by atoms with van der Waals surface area (Å²) in [4.78, 5) is 14.8. The molecule has 2 aromatic rings. The monoisotopic (exact) mass is 446 g/mol. The van der Waals surface area contributed by atoms with Crippen LogP contribution < -0.4 is 0 Å². The Morgan fingerprint density at radius 1 is 1.13 bits per heavy atom. The Balaban J connectivity index is 1.74. The van der Waals surface area contributed by atoms with Crippen LogP contribution in [0.3, 0.4) is 0 Å². The van der Waals surface area contributed by atoms with Crippen LogP contribution in [0.2, 0.25) is 5.02 Å². The van der Waals surface area contributed by atoms with E-state index < -0.39 is 10.0 Å². The first-order valence-corrected chi connectivity index (χ1v) is 11.9. The Hall–Kier alpha value is -2.15. The van der Waals surface area contributed by atoms with Crippen LogP contribution in [0, 0.1) is 5.92 Å². The summed E-state index contributed by atoms with van der Waals surface area (Å²) in [6, 6.07) is 13.3. The van der Waals surface area contributed by atoms with Gasteiger partial charge in [0.2, 0.25) is 10.0 Å². The molecule has 1 aliphatic rings. The molecular weight excluding hydrogens is 420 g/mol. The molecule has 0 unspecified atom stereocenters. The van der Waals surface area contributed by atoms with Crippen LogP contribution in [0.1, 0.15) is 35.7 Å². The molecule has 30 heavy (non-hydrogen) atoms. The minimum Gasteiger partial charge on any atom is -0.339 e. The van der Waals surface area contributed by atoms with Crippen LogP contribution in [0.4, 0.5) is 0 Å². The highest BCUT2D eigenvalue weighted by atomic mass is 35.5. The Kier molecular flexibility index (Phi) is 7.34. The van der Waals surface area contributed by atoms with Gasteiger partial charge in [-0.2, -0.15) is 4.31 Å². The Morgan fingerprint density at radius 3 is 2.30 bits per heavy atom. The predicted molar refractivity (Wildman–Crippen MR) is 120 cm³/mol. The second-order valence-electron chi connectivity index (χ2n) is 7.71. The lowest BCUT2D eigenvalue weighted by Crippen LogP contribution is -2.37. The van der Waals surface area contributed by atoms with E-state index in [9.17, 15) is 13.2 Å². The van der Waals surface area contributed by atoms with Gasteiger partial charge in [0, 0.05) is 36.8 Å². The van der Waals surface area contributed by atoms with Crippen molar-refractivity contribution in [3.05, 3.63) is 77.3 Å². The number of hydrogen-bond donors (Lipinski definition) is 0. The fourth-order valence-corrected chi connectivity index (χ4v) is 5.02. The van der Waals surface area contributed by atoms with E-state index in [1.807, 2.05) is 17.0 Å². The van der Waals surface area contributed by atoms with Crippen LogP contribution in [0.25, 0.3) is 0 Å². The number of hydrogen-bond acceptors (Lipinski definition) is 3. The topological polar surface area (TPSA) is 57.7 Å². The zero-order valence-electron chi connectivity index (χ0n) is 17.1. The summed E-state index contributed by atoms with van der Waals surface area (Å²) in [6.45, 7) is 7.83. The molecule has 5 nitrogen and oxygen atoms in total. The van der Waals surface area contributed by atoms with Crippen LogP contribution in [-0.2, 0) is 16.6 Å². The summed E-state index contributed by atoms with van der Waals surface area (Å²) >= 11 is 5.88. The van der Waals surface area contributed by atoms with Gasteiger partial charge in [-0.1, -0.05) is 36.7 Å². The Morgan fingerprint density at radius 2 is 1.73 bits per heavy atom. The van der Waals surface area contributed by atoms with Gasteiger partial charge in [-0.25, -0.2) is 8.42 Å². The normalized spacial score (nSPS) is 15.4. The van der Waals surface area contributed by atoms with Crippen molar-refractivity contribution in [1.29, 1.82) is 0 Å². The van der Waals surface area contributed by atoms with Gasteiger partial charge in [-0.05, 0) is 60.7 Å². The number of amides is 1. The van der Waals surface area contributed by atoms with Crippen LogP contribution in [0.15, 0.2) is 66.1 Å². The van der Waals surface area contributed by atoms with Crippen LogP contribution >= 0.6 is 11.6 Å². The van der Waals surface area contributed by atoms with Crippen molar-refractivity contribution >= 4 is 27.5 Å². The summed E-state index contributed by atoms with van der Waals surface area (Å²) < 4.78 is 27.4. The highest BCUT2D eigenvalue weighted by Gasteiger charge is 2.24. The molecule has 0 aliphatic carbocycles. The first-order chi connectivity index (χ1) is 14.3. The maximum atomic E-state index is 13.0. The molecule has 1 fully saturated rings. The molecule has 0 aromatic heterocycles. The molecule has 2 aromatic carbocycles. The molecule has 1 amide bonds. The second-order valence-corrected chi connectivity index (χ2v) is 10.1. The standard InChI is InChI=1S/C23H27ClN2O3S/c1-3-14-26(30(28,29)22-10-8-21(24)9-11-22)17-19-4-6-20(7-5-19)23(27)25-15-12-18(2)13-16-25/h3-11,18H,1,12-17H2,2H3. The number of halogens is 1. The van der Waals surface area contributed by atoms with Crippen molar-refractivity contribution in [1.82, 2.24) is 9.21 Å². The average Bonchev–Trinajstić information content (AvgIpc) is 2.74. The maximum absolute atomic E-state index is 13.0. The van der Waals surface area contributed by atoms with E-state index in [0.29, 0.717) is 16.5 Å². The van der Waals surface area contributed by atoms with Crippen molar-refractivity contribution in [2.24, 2.45) is 5.92 Å². The molecule has 1 heterocycles. The third-order valence-electron chi connectivity index (χ3n) is 5.41. The molecule has 0 N–H and O–H groups in total. The number of benzene rings is 2. The van der Waals surface area contributed by atoms with E-state index in [0.717, 1.165) is 31.5 Å². The van der Waals surface area contributed by atoms with E-state index in [2.05, 4.69) is 13.5 Å². The molecule has 1 saturated heterocycles. The van der Waals surface area contributed by atoms with Gasteiger partial charge in [0.05, 0.1) is 4.90 Å². The summed E-state index contributed by atoms with van der Waals surface area (Å²) in [5.74, 6) is 0.694. The Labute approximate surface area is 184 Å². The van der Waals surface area contributed by atoms with Crippen molar-refractivity contribution in [2.45, 2.75) is 31.2 Å². The van der Waals surface area contributed by atoms with Gasteiger partial charge in [0.25, 0.3) is 5.91 Å². The molecular formula is C23H27ClN2O3S. The maximum Gasteiger partial charge on any atom is 0.253 e. The van der Waals surface area contributed by atoms with Gasteiger partial charge in [0.1, 0.15) is 0 Å². The molecule has 0 radical (unpaired) electrons. The summed E-state index contributed by atoms with van der Waals surface area (Å²) in [6.07, 6.45) is 3.62. The van der Waals surface area contributed by atoms with Gasteiger partial charge >= 0.3 is 0 Å². The second kappa shape index (κ2) is 9.77. The fraction of sp³-hybridized carbons (Fsp3) is 0.348. The summed E-state index contributed by atoms with van der Waals surface area (Å²) in [7, 11) is -3.70. The third-order valence-corrected chi connectivity index (χ3v) is 7.49. The highest BCUT2D eigenvalue weighted by molar-refractivity contribution is 7.89. The summed E-state index contributed by atoms with van der Waals surface area (Å²) in [5, 5.41) is 0.479. The Bertz CT molecular complexity index is 980. The minimum absolute atomic E-state index is 0.0326. The summed E-state index contributed by atoms with van der Waals surface area (Å²) in [5.41, 5.74) is 1.43. The number of sulfonamides is 1. The van der Waals surface area contributed by atoms with Crippen molar-refractivity contribution < 1.29 is 13.2 Å². The van der Waals surface area contributed by atoms with Gasteiger partial charge in [0.15, 0.2) is 0 Å². The van der Waals surface area contributed by atoms with Gasteiger partial charge in [-0.3, -0.25) is 4.79 Å². The lowest BCUT2D eigenvalue weighted by molar-refractivity contribution is 0.0697. The number of nitrogens with zero attached hydrogens (tertiary/aromatic N) is 2. The van der Waals surface area contributed by atoms with E-state index >= 15 is 0 Å². The van der Waals surface area contributed by atoms with Gasteiger partial charge in [-0.15, -0.1) is 6.58 Å². The highest BCUT2D eigenvalue weighted by Crippen LogP contribution is 2.22.